The fourth-order valence-corrected chi connectivity index (χ4v) is 4.55. The van der Waals surface area contributed by atoms with Gasteiger partial charge in [0.2, 0.25) is 15.9 Å². The average Bonchev–Trinajstić information content (AvgIpc) is 2.60. The van der Waals surface area contributed by atoms with E-state index in [1.54, 1.807) is 24.3 Å². The average molecular weight is 397 g/mol. The minimum Gasteiger partial charge on any atom is -0.352 e. The molecule has 1 fully saturated rings. The molecule has 0 bridgehead atoms. The molecule has 0 aliphatic carbocycles. The Morgan fingerprint density at radius 3 is 2.19 bits per heavy atom. The number of urea groups is 1. The van der Waals surface area contributed by atoms with Gasteiger partial charge < -0.3 is 16.4 Å². The van der Waals surface area contributed by atoms with Gasteiger partial charge in [0.1, 0.15) is 6.04 Å². The van der Waals surface area contributed by atoms with Crippen molar-refractivity contribution in [2.45, 2.75) is 50.6 Å². The van der Waals surface area contributed by atoms with Gasteiger partial charge in [-0.05, 0) is 37.8 Å². The summed E-state index contributed by atoms with van der Waals surface area (Å²) in [6.45, 7) is 6.20. The van der Waals surface area contributed by atoms with Crippen LogP contribution in [0.4, 0.5) is 4.79 Å². The summed E-state index contributed by atoms with van der Waals surface area (Å²) in [6, 6.07) is 5.18. The van der Waals surface area contributed by atoms with Crippen LogP contribution in [0.25, 0.3) is 0 Å². The predicted octanol–water partition coefficient (Wildman–Crippen LogP) is 0.957. The summed E-state index contributed by atoms with van der Waals surface area (Å²) in [6.07, 6.45) is 1.02. The van der Waals surface area contributed by atoms with Gasteiger partial charge in [-0.3, -0.25) is 4.79 Å². The summed E-state index contributed by atoms with van der Waals surface area (Å²) in [4.78, 5) is 23.8. The molecule has 2 rings (SSSR count). The minimum absolute atomic E-state index is 0.112. The van der Waals surface area contributed by atoms with Gasteiger partial charge in [-0.1, -0.05) is 31.5 Å². The molecule has 3 amide bonds. The monoisotopic (exact) mass is 396 g/mol. The summed E-state index contributed by atoms with van der Waals surface area (Å²) < 4.78 is 26.9. The van der Waals surface area contributed by atoms with Gasteiger partial charge in [0.05, 0.1) is 4.90 Å². The number of carbonyl (C=O) groups excluding carboxylic acids is 2. The molecular formula is C18H28N4O4S. The second-order valence-corrected chi connectivity index (χ2v) is 9.17. The highest BCUT2D eigenvalue weighted by atomic mass is 32.2. The van der Waals surface area contributed by atoms with Crippen LogP contribution < -0.4 is 16.4 Å². The number of piperidine rings is 1. The molecule has 9 heteroatoms. The molecule has 1 heterocycles. The predicted molar refractivity (Wildman–Crippen MR) is 102 cm³/mol. The number of sulfonamides is 1. The third kappa shape index (κ3) is 5.43. The van der Waals surface area contributed by atoms with Gasteiger partial charge >= 0.3 is 6.03 Å². The van der Waals surface area contributed by atoms with Crippen molar-refractivity contribution in [3.63, 3.8) is 0 Å². The Hall–Kier alpha value is -2.13. The van der Waals surface area contributed by atoms with Crippen molar-refractivity contribution in [3.05, 3.63) is 29.8 Å². The van der Waals surface area contributed by atoms with E-state index in [2.05, 4.69) is 10.6 Å². The van der Waals surface area contributed by atoms with Gasteiger partial charge in [-0.2, -0.15) is 4.31 Å². The van der Waals surface area contributed by atoms with Gasteiger partial charge in [-0.15, -0.1) is 0 Å². The number of hydrogen-bond donors (Lipinski definition) is 3. The fourth-order valence-electron chi connectivity index (χ4n) is 3.08. The largest absolute Gasteiger partial charge is 0.352 e. The highest BCUT2D eigenvalue weighted by molar-refractivity contribution is 7.89. The van der Waals surface area contributed by atoms with E-state index in [9.17, 15) is 18.0 Å². The van der Waals surface area contributed by atoms with E-state index in [4.69, 9.17) is 5.73 Å². The van der Waals surface area contributed by atoms with E-state index in [1.807, 2.05) is 20.8 Å². The Bertz CT molecular complexity index is 769. The van der Waals surface area contributed by atoms with Crippen LogP contribution >= 0.6 is 0 Å². The van der Waals surface area contributed by atoms with Crippen LogP contribution in [0, 0.1) is 12.8 Å². The molecule has 1 aromatic rings. The third-order valence-electron chi connectivity index (χ3n) is 4.71. The van der Waals surface area contributed by atoms with E-state index in [1.165, 1.54) is 4.31 Å². The summed E-state index contributed by atoms with van der Waals surface area (Å²) in [5, 5.41) is 5.34. The first-order chi connectivity index (χ1) is 12.6. The van der Waals surface area contributed by atoms with Crippen LogP contribution in [0.3, 0.4) is 0 Å². The maximum atomic E-state index is 12.7. The van der Waals surface area contributed by atoms with Crippen molar-refractivity contribution in [3.8, 4) is 0 Å². The van der Waals surface area contributed by atoms with Crippen molar-refractivity contribution in [2.75, 3.05) is 13.1 Å². The lowest BCUT2D eigenvalue weighted by molar-refractivity contribution is -0.124. The molecule has 0 radical (unpaired) electrons. The van der Waals surface area contributed by atoms with E-state index < -0.39 is 22.1 Å². The number of hydrogen-bond acceptors (Lipinski definition) is 4. The van der Waals surface area contributed by atoms with E-state index >= 15 is 0 Å². The Labute approximate surface area is 160 Å². The molecule has 1 aliphatic rings. The lowest BCUT2D eigenvalue weighted by atomic mass is 10.0. The Morgan fingerprint density at radius 2 is 1.70 bits per heavy atom. The topological polar surface area (TPSA) is 122 Å². The van der Waals surface area contributed by atoms with Crippen LogP contribution in [0.15, 0.2) is 29.2 Å². The first-order valence-corrected chi connectivity index (χ1v) is 10.5. The molecule has 4 N–H and O–H groups in total. The zero-order valence-corrected chi connectivity index (χ0v) is 16.8. The van der Waals surface area contributed by atoms with E-state index in [-0.39, 0.29) is 22.8 Å². The van der Waals surface area contributed by atoms with Crippen molar-refractivity contribution >= 4 is 22.0 Å². The van der Waals surface area contributed by atoms with Gasteiger partial charge in [0, 0.05) is 19.1 Å². The number of nitrogens with two attached hydrogens (primary N) is 1. The Balaban J connectivity index is 1.95. The second kappa shape index (κ2) is 8.71. The molecule has 0 aromatic heterocycles. The van der Waals surface area contributed by atoms with Crippen LogP contribution in [-0.4, -0.2) is 49.8 Å². The molecule has 1 saturated heterocycles. The van der Waals surface area contributed by atoms with Crippen molar-refractivity contribution in [2.24, 2.45) is 11.7 Å². The number of nitrogens with one attached hydrogen (secondary N) is 2. The van der Waals surface area contributed by atoms with Gasteiger partial charge in [0.25, 0.3) is 0 Å². The number of rotatable bonds is 6. The van der Waals surface area contributed by atoms with E-state index in [0.29, 0.717) is 25.9 Å². The molecule has 1 unspecified atom stereocenters. The smallest absolute Gasteiger partial charge is 0.312 e. The van der Waals surface area contributed by atoms with Gasteiger partial charge in [0.15, 0.2) is 0 Å². The van der Waals surface area contributed by atoms with Crippen LogP contribution in [0.5, 0.6) is 0 Å². The first kappa shape index (κ1) is 21.2. The van der Waals surface area contributed by atoms with Crippen LogP contribution in [-0.2, 0) is 14.8 Å². The summed E-state index contributed by atoms with van der Waals surface area (Å²) in [7, 11) is -3.53. The lowest BCUT2D eigenvalue weighted by Crippen LogP contribution is -2.55. The third-order valence-corrected chi connectivity index (χ3v) is 6.62. The lowest BCUT2D eigenvalue weighted by Gasteiger charge is -2.33. The standard InChI is InChI=1S/C18H28N4O4S/c1-12(2)16(21-18(19)24)17(23)20-14-8-10-22(11-9-14)27(25,26)15-6-4-13(3)5-7-15/h4-7,12,14,16H,8-11H2,1-3H3,(H,20,23)(H3,19,21,24). The summed E-state index contributed by atoms with van der Waals surface area (Å²) in [5.74, 6) is -0.414. The number of amides is 3. The zero-order chi connectivity index (χ0) is 20.2. The molecule has 1 aromatic carbocycles. The number of carbonyl (C=O) groups is 2. The van der Waals surface area contributed by atoms with Crippen LogP contribution in [0.2, 0.25) is 0 Å². The highest BCUT2D eigenvalue weighted by Crippen LogP contribution is 2.21. The summed E-state index contributed by atoms with van der Waals surface area (Å²) >= 11 is 0. The van der Waals surface area contributed by atoms with Crippen molar-refractivity contribution < 1.29 is 18.0 Å². The molecule has 150 valence electrons. The number of nitrogens with zero attached hydrogens (tertiary/aromatic N) is 1. The highest BCUT2D eigenvalue weighted by Gasteiger charge is 2.31. The Morgan fingerprint density at radius 1 is 1.15 bits per heavy atom. The minimum atomic E-state index is -3.53. The molecule has 27 heavy (non-hydrogen) atoms. The molecule has 0 saturated carbocycles. The number of primary amides is 1. The van der Waals surface area contributed by atoms with Gasteiger partial charge in [-0.25, -0.2) is 13.2 Å². The number of aryl methyl sites for hydroxylation is 1. The molecular weight excluding hydrogens is 368 g/mol. The SMILES string of the molecule is Cc1ccc(S(=O)(=O)N2CCC(NC(=O)C(NC(N)=O)C(C)C)CC2)cc1. The zero-order valence-electron chi connectivity index (χ0n) is 15.9. The van der Waals surface area contributed by atoms with Crippen molar-refractivity contribution in [1.29, 1.82) is 0 Å². The van der Waals surface area contributed by atoms with Crippen molar-refractivity contribution in [1.82, 2.24) is 14.9 Å². The Kier molecular flexibility index (Phi) is 6.83. The molecule has 1 aliphatic heterocycles. The maximum Gasteiger partial charge on any atom is 0.312 e. The molecule has 0 spiro atoms. The molecule has 8 nitrogen and oxygen atoms in total. The number of benzene rings is 1. The maximum absolute atomic E-state index is 12.7. The second-order valence-electron chi connectivity index (χ2n) is 7.23. The quantitative estimate of drug-likeness (QED) is 0.663. The van der Waals surface area contributed by atoms with Crippen LogP contribution in [0.1, 0.15) is 32.3 Å². The molecule has 1 atom stereocenters. The first-order valence-electron chi connectivity index (χ1n) is 9.04. The summed E-state index contributed by atoms with van der Waals surface area (Å²) in [5.41, 5.74) is 6.13. The van der Waals surface area contributed by atoms with E-state index in [0.717, 1.165) is 5.56 Å². The fraction of sp³-hybridized carbons (Fsp3) is 0.556. The normalized spacial score (nSPS) is 17.5.